The summed E-state index contributed by atoms with van der Waals surface area (Å²) in [6, 6.07) is 0. The van der Waals surface area contributed by atoms with E-state index in [2.05, 4.69) is 17.1 Å². The summed E-state index contributed by atoms with van der Waals surface area (Å²) < 4.78 is 0. The van der Waals surface area contributed by atoms with Gasteiger partial charge in [-0.3, -0.25) is 4.79 Å². The molecule has 0 aliphatic carbocycles. The van der Waals surface area contributed by atoms with Crippen LogP contribution in [0.3, 0.4) is 0 Å². The number of nitrogens with zero attached hydrogens (tertiary/aromatic N) is 2. The molecule has 94 valence electrons. The first kappa shape index (κ1) is 13.6. The van der Waals surface area contributed by atoms with Crippen LogP contribution in [-0.4, -0.2) is 41.9 Å². The molecule has 1 fully saturated rings. The van der Waals surface area contributed by atoms with Crippen LogP contribution in [0.2, 0.25) is 0 Å². The minimum Gasteiger partial charge on any atom is -0.368 e. The van der Waals surface area contributed by atoms with Gasteiger partial charge >= 0.3 is 0 Å². The number of hydrogen-bond acceptors (Lipinski definition) is 2. The summed E-state index contributed by atoms with van der Waals surface area (Å²) in [5.41, 5.74) is 1.23. The molecule has 1 aliphatic rings. The summed E-state index contributed by atoms with van der Waals surface area (Å²) in [4.78, 5) is 15.4. The molecular weight excluding hydrogens is 212 g/mol. The molecule has 17 heavy (non-hydrogen) atoms. The van der Waals surface area contributed by atoms with Crippen LogP contribution in [0.5, 0.6) is 0 Å². The van der Waals surface area contributed by atoms with Crippen LogP contribution in [0.15, 0.2) is 36.1 Å². The fraction of sp³-hybridized carbons (Fsp3) is 0.500. The minimum absolute atomic E-state index is 0.177. The summed E-state index contributed by atoms with van der Waals surface area (Å²) in [7, 11) is 0. The average molecular weight is 234 g/mol. The van der Waals surface area contributed by atoms with Crippen LogP contribution in [0.4, 0.5) is 0 Å². The van der Waals surface area contributed by atoms with E-state index in [4.69, 9.17) is 0 Å². The van der Waals surface area contributed by atoms with Crippen molar-refractivity contribution in [2.24, 2.45) is 0 Å². The third-order valence-corrected chi connectivity index (χ3v) is 2.96. The fourth-order valence-electron chi connectivity index (χ4n) is 1.93. The first-order valence-electron chi connectivity index (χ1n) is 6.15. The Balaban J connectivity index is 2.54. The Labute approximate surface area is 104 Å². The molecule has 1 aliphatic heterocycles. The molecule has 0 atom stereocenters. The first-order chi connectivity index (χ1) is 8.19. The van der Waals surface area contributed by atoms with Gasteiger partial charge in [-0.2, -0.15) is 0 Å². The molecule has 0 bridgehead atoms. The van der Waals surface area contributed by atoms with Gasteiger partial charge in [0.2, 0.25) is 5.91 Å². The summed E-state index contributed by atoms with van der Waals surface area (Å²) in [6.45, 7) is 9.17. The Bertz CT molecular complexity index is 334. The lowest BCUT2D eigenvalue weighted by molar-refractivity contribution is -0.130. The lowest BCUT2D eigenvalue weighted by atomic mass is 10.2. The van der Waals surface area contributed by atoms with Crippen LogP contribution >= 0.6 is 0 Å². The maximum absolute atomic E-state index is 11.2. The van der Waals surface area contributed by atoms with Crippen LogP contribution < -0.4 is 0 Å². The van der Waals surface area contributed by atoms with Crippen LogP contribution in [0.25, 0.3) is 0 Å². The van der Waals surface area contributed by atoms with E-state index in [1.807, 2.05) is 37.0 Å². The quantitative estimate of drug-likeness (QED) is 0.699. The molecule has 0 aromatic rings. The second kappa shape index (κ2) is 6.94. The highest BCUT2D eigenvalue weighted by Crippen LogP contribution is 2.11. The molecule has 1 rings (SSSR count). The predicted octanol–water partition coefficient (Wildman–Crippen LogP) is 2.19. The van der Waals surface area contributed by atoms with Crippen molar-refractivity contribution in [1.29, 1.82) is 0 Å². The molecule has 1 amide bonds. The van der Waals surface area contributed by atoms with Crippen molar-refractivity contribution in [3.05, 3.63) is 36.1 Å². The zero-order chi connectivity index (χ0) is 12.7. The molecule has 0 N–H and O–H groups in total. The van der Waals surface area contributed by atoms with Crippen LogP contribution in [0.1, 0.15) is 20.8 Å². The van der Waals surface area contributed by atoms with E-state index >= 15 is 0 Å². The van der Waals surface area contributed by atoms with Crippen molar-refractivity contribution >= 4 is 5.91 Å². The van der Waals surface area contributed by atoms with Gasteiger partial charge in [0.1, 0.15) is 0 Å². The molecule has 3 nitrogen and oxygen atoms in total. The van der Waals surface area contributed by atoms with E-state index in [0.29, 0.717) is 0 Å². The average Bonchev–Trinajstić information content (AvgIpc) is 2.35. The van der Waals surface area contributed by atoms with E-state index in [1.165, 1.54) is 5.70 Å². The minimum atomic E-state index is 0.177. The summed E-state index contributed by atoms with van der Waals surface area (Å²) in [6.07, 6.45) is 10.3. The highest BCUT2D eigenvalue weighted by Gasteiger charge is 2.18. The van der Waals surface area contributed by atoms with Gasteiger partial charge in [-0.1, -0.05) is 24.3 Å². The van der Waals surface area contributed by atoms with Gasteiger partial charge in [0.25, 0.3) is 0 Å². The Morgan fingerprint density at radius 1 is 1.00 bits per heavy atom. The van der Waals surface area contributed by atoms with E-state index in [1.54, 1.807) is 6.92 Å². The van der Waals surface area contributed by atoms with Gasteiger partial charge in [0.15, 0.2) is 0 Å². The number of rotatable bonds is 3. The van der Waals surface area contributed by atoms with E-state index in [9.17, 15) is 4.79 Å². The Kier molecular flexibility index (Phi) is 5.53. The number of carbonyl (C=O) groups excluding carboxylic acids is 1. The Morgan fingerprint density at radius 2 is 1.59 bits per heavy atom. The van der Waals surface area contributed by atoms with Crippen LogP contribution in [0, 0.1) is 0 Å². The van der Waals surface area contributed by atoms with Crippen molar-refractivity contribution in [1.82, 2.24) is 9.80 Å². The smallest absolute Gasteiger partial charge is 0.219 e. The number of allylic oxidation sites excluding steroid dienone is 5. The largest absolute Gasteiger partial charge is 0.368 e. The summed E-state index contributed by atoms with van der Waals surface area (Å²) in [5, 5.41) is 0. The molecule has 0 aromatic heterocycles. The molecule has 0 saturated carbocycles. The van der Waals surface area contributed by atoms with Crippen LogP contribution in [-0.2, 0) is 4.79 Å². The molecule has 3 heteroatoms. The van der Waals surface area contributed by atoms with Gasteiger partial charge in [0, 0.05) is 38.8 Å². The van der Waals surface area contributed by atoms with Crippen molar-refractivity contribution in [3.8, 4) is 0 Å². The van der Waals surface area contributed by atoms with Crippen molar-refractivity contribution in [3.63, 3.8) is 0 Å². The van der Waals surface area contributed by atoms with E-state index < -0.39 is 0 Å². The van der Waals surface area contributed by atoms with E-state index in [0.717, 1.165) is 26.2 Å². The molecule has 1 saturated heterocycles. The third-order valence-electron chi connectivity index (χ3n) is 2.96. The molecule has 1 heterocycles. The maximum atomic E-state index is 11.2. The van der Waals surface area contributed by atoms with Crippen molar-refractivity contribution in [2.75, 3.05) is 26.2 Å². The first-order valence-corrected chi connectivity index (χ1v) is 6.15. The molecule has 0 unspecified atom stereocenters. The van der Waals surface area contributed by atoms with Gasteiger partial charge in [-0.15, -0.1) is 0 Å². The fourth-order valence-corrected chi connectivity index (χ4v) is 1.93. The topological polar surface area (TPSA) is 23.6 Å². The predicted molar refractivity (Wildman–Crippen MR) is 71.5 cm³/mol. The zero-order valence-corrected chi connectivity index (χ0v) is 11.0. The second-order valence-corrected chi connectivity index (χ2v) is 4.09. The number of carbonyl (C=O) groups is 1. The maximum Gasteiger partial charge on any atom is 0.219 e. The molecular formula is C14H22N2O. The third kappa shape index (κ3) is 4.10. The highest BCUT2D eigenvalue weighted by atomic mass is 16.2. The molecule has 0 spiro atoms. The molecule has 0 radical (unpaired) electrons. The number of hydrogen-bond donors (Lipinski definition) is 0. The van der Waals surface area contributed by atoms with Gasteiger partial charge < -0.3 is 9.80 Å². The Hall–Kier alpha value is -1.51. The lowest BCUT2D eigenvalue weighted by Crippen LogP contribution is -2.47. The SMILES string of the molecule is C/C=C(/C=C\C=C\C)N1CCN(C(C)=O)CC1. The lowest BCUT2D eigenvalue weighted by Gasteiger charge is -2.36. The second-order valence-electron chi connectivity index (χ2n) is 4.09. The van der Waals surface area contributed by atoms with Gasteiger partial charge in [0.05, 0.1) is 0 Å². The zero-order valence-electron chi connectivity index (χ0n) is 11.0. The highest BCUT2D eigenvalue weighted by molar-refractivity contribution is 5.73. The Morgan fingerprint density at radius 3 is 2.06 bits per heavy atom. The molecule has 0 aromatic carbocycles. The number of piperazine rings is 1. The summed E-state index contributed by atoms with van der Waals surface area (Å²) in [5.74, 6) is 0.177. The number of amides is 1. The van der Waals surface area contributed by atoms with Crippen molar-refractivity contribution < 1.29 is 4.79 Å². The van der Waals surface area contributed by atoms with Crippen molar-refractivity contribution in [2.45, 2.75) is 20.8 Å². The summed E-state index contributed by atoms with van der Waals surface area (Å²) >= 11 is 0. The normalized spacial score (nSPS) is 18.4. The standard InChI is InChI=1S/C14H22N2O/c1-4-6-7-8-14(5-2)16-11-9-15(10-12-16)13(3)17/h4-8H,9-12H2,1-3H3/b6-4+,8-7-,14-5-. The van der Waals surface area contributed by atoms with E-state index in [-0.39, 0.29) is 5.91 Å². The monoisotopic (exact) mass is 234 g/mol. The van der Waals surface area contributed by atoms with Gasteiger partial charge in [-0.25, -0.2) is 0 Å². The van der Waals surface area contributed by atoms with Gasteiger partial charge in [-0.05, 0) is 19.9 Å².